The first-order valence-corrected chi connectivity index (χ1v) is 9.08. The first-order chi connectivity index (χ1) is 13.0. The van der Waals surface area contributed by atoms with Crippen molar-refractivity contribution in [2.24, 2.45) is 5.92 Å². The Bertz CT molecular complexity index is 930. The molecule has 27 heavy (non-hydrogen) atoms. The monoisotopic (exact) mass is 363 g/mol. The lowest BCUT2D eigenvalue weighted by molar-refractivity contribution is 0.102. The number of carbonyl (C=O) groups is 1. The van der Waals surface area contributed by atoms with Gasteiger partial charge in [-0.25, -0.2) is 0 Å². The smallest absolute Gasteiger partial charge is 0.256 e. The molecule has 0 aliphatic heterocycles. The predicted octanol–water partition coefficient (Wildman–Crippen LogP) is 4.84. The minimum atomic E-state index is -0.189. The maximum absolute atomic E-state index is 12.8. The standard InChI is InChI=1S/C22H25N3O2/c1-14(2)12-18-15(3)24-25-21(18)23-22(26)17-10-11-20(27-4)19(13-17)16-8-6-5-7-9-16/h5-11,13-14H,12H2,1-4H3,(H2,23,24,25,26). The van der Waals surface area contributed by atoms with Crippen molar-refractivity contribution in [3.8, 4) is 16.9 Å². The van der Waals surface area contributed by atoms with Gasteiger partial charge in [-0.1, -0.05) is 44.2 Å². The molecule has 0 saturated carbocycles. The van der Waals surface area contributed by atoms with Crippen LogP contribution in [0.15, 0.2) is 48.5 Å². The summed E-state index contributed by atoms with van der Waals surface area (Å²) in [6.07, 6.45) is 0.857. The molecule has 5 heteroatoms. The highest BCUT2D eigenvalue weighted by atomic mass is 16.5. The Kier molecular flexibility index (Phi) is 5.60. The van der Waals surface area contributed by atoms with Crippen molar-refractivity contribution in [2.75, 3.05) is 12.4 Å². The summed E-state index contributed by atoms with van der Waals surface area (Å²) in [5.41, 5.74) is 4.48. The second-order valence-electron chi connectivity index (χ2n) is 7.01. The van der Waals surface area contributed by atoms with E-state index in [1.807, 2.05) is 49.4 Å². The van der Waals surface area contributed by atoms with E-state index in [0.717, 1.165) is 34.6 Å². The molecule has 0 aliphatic carbocycles. The van der Waals surface area contributed by atoms with Crippen LogP contribution in [-0.4, -0.2) is 23.2 Å². The van der Waals surface area contributed by atoms with E-state index in [1.54, 1.807) is 13.2 Å². The topological polar surface area (TPSA) is 67.0 Å². The van der Waals surface area contributed by atoms with Crippen molar-refractivity contribution in [2.45, 2.75) is 27.2 Å². The zero-order valence-corrected chi connectivity index (χ0v) is 16.2. The van der Waals surface area contributed by atoms with Gasteiger partial charge in [-0.2, -0.15) is 5.10 Å². The fourth-order valence-electron chi connectivity index (χ4n) is 3.09. The van der Waals surface area contributed by atoms with E-state index in [9.17, 15) is 4.79 Å². The van der Waals surface area contributed by atoms with Gasteiger partial charge in [0.25, 0.3) is 5.91 Å². The van der Waals surface area contributed by atoms with Crippen LogP contribution in [0.3, 0.4) is 0 Å². The van der Waals surface area contributed by atoms with Crippen molar-refractivity contribution in [1.82, 2.24) is 10.2 Å². The van der Waals surface area contributed by atoms with Gasteiger partial charge in [-0.3, -0.25) is 9.89 Å². The van der Waals surface area contributed by atoms with Crippen molar-refractivity contribution in [1.29, 1.82) is 0 Å². The highest BCUT2D eigenvalue weighted by molar-refractivity contribution is 6.05. The summed E-state index contributed by atoms with van der Waals surface area (Å²) in [6, 6.07) is 15.3. The van der Waals surface area contributed by atoms with Crippen LogP contribution in [0.4, 0.5) is 5.82 Å². The molecule has 3 rings (SSSR count). The molecule has 0 bridgehead atoms. The Labute approximate surface area is 159 Å². The number of nitrogens with zero attached hydrogens (tertiary/aromatic N) is 1. The van der Waals surface area contributed by atoms with Gasteiger partial charge in [0.15, 0.2) is 5.82 Å². The summed E-state index contributed by atoms with van der Waals surface area (Å²) in [7, 11) is 1.63. The summed E-state index contributed by atoms with van der Waals surface area (Å²) in [6.45, 7) is 6.27. The van der Waals surface area contributed by atoms with Crippen LogP contribution in [-0.2, 0) is 6.42 Å². The number of anilines is 1. The van der Waals surface area contributed by atoms with Crippen LogP contribution in [0.2, 0.25) is 0 Å². The van der Waals surface area contributed by atoms with E-state index in [-0.39, 0.29) is 5.91 Å². The van der Waals surface area contributed by atoms with Gasteiger partial charge in [0.05, 0.1) is 7.11 Å². The van der Waals surface area contributed by atoms with Crippen LogP contribution >= 0.6 is 0 Å². The number of amides is 1. The fraction of sp³-hybridized carbons (Fsp3) is 0.273. The number of aryl methyl sites for hydroxylation is 1. The normalized spacial score (nSPS) is 10.9. The van der Waals surface area contributed by atoms with E-state index >= 15 is 0 Å². The molecule has 140 valence electrons. The molecule has 0 atom stereocenters. The lowest BCUT2D eigenvalue weighted by Crippen LogP contribution is -2.14. The Hall–Kier alpha value is -3.08. The van der Waals surface area contributed by atoms with E-state index in [4.69, 9.17) is 4.74 Å². The molecular weight excluding hydrogens is 338 g/mol. The van der Waals surface area contributed by atoms with E-state index in [1.165, 1.54) is 0 Å². The first-order valence-electron chi connectivity index (χ1n) is 9.08. The minimum absolute atomic E-state index is 0.189. The summed E-state index contributed by atoms with van der Waals surface area (Å²) in [5.74, 6) is 1.62. The molecule has 1 amide bonds. The molecule has 3 aromatic rings. The first kappa shape index (κ1) is 18.7. The average Bonchev–Trinajstić information content (AvgIpc) is 3.01. The number of benzene rings is 2. The highest BCUT2D eigenvalue weighted by Crippen LogP contribution is 2.31. The fourth-order valence-corrected chi connectivity index (χ4v) is 3.09. The maximum Gasteiger partial charge on any atom is 0.256 e. The third-order valence-corrected chi connectivity index (χ3v) is 4.46. The summed E-state index contributed by atoms with van der Waals surface area (Å²) < 4.78 is 5.47. The van der Waals surface area contributed by atoms with Crippen molar-refractivity contribution >= 4 is 11.7 Å². The molecule has 0 aliphatic rings. The largest absolute Gasteiger partial charge is 0.496 e. The second-order valence-corrected chi connectivity index (χ2v) is 7.01. The Morgan fingerprint density at radius 3 is 2.59 bits per heavy atom. The molecular formula is C22H25N3O2. The Morgan fingerprint density at radius 1 is 1.19 bits per heavy atom. The quantitative estimate of drug-likeness (QED) is 0.658. The van der Waals surface area contributed by atoms with Gasteiger partial charge in [0.1, 0.15) is 5.75 Å². The van der Waals surface area contributed by atoms with Gasteiger partial charge in [-0.05, 0) is 43.0 Å². The lowest BCUT2D eigenvalue weighted by Gasteiger charge is -2.12. The predicted molar refractivity (Wildman–Crippen MR) is 108 cm³/mol. The zero-order chi connectivity index (χ0) is 19.4. The van der Waals surface area contributed by atoms with E-state index in [0.29, 0.717) is 17.3 Å². The minimum Gasteiger partial charge on any atom is -0.496 e. The number of hydrogen-bond donors (Lipinski definition) is 2. The molecule has 0 radical (unpaired) electrons. The van der Waals surface area contributed by atoms with Gasteiger partial charge in [-0.15, -0.1) is 0 Å². The lowest BCUT2D eigenvalue weighted by atomic mass is 10.0. The number of carbonyl (C=O) groups excluding carboxylic acids is 1. The number of aromatic nitrogens is 2. The van der Waals surface area contributed by atoms with Crippen LogP contribution < -0.4 is 10.1 Å². The van der Waals surface area contributed by atoms with E-state index < -0.39 is 0 Å². The van der Waals surface area contributed by atoms with Gasteiger partial charge < -0.3 is 10.1 Å². The maximum atomic E-state index is 12.8. The van der Waals surface area contributed by atoms with Crippen LogP contribution in [0.1, 0.15) is 35.5 Å². The Morgan fingerprint density at radius 2 is 1.93 bits per heavy atom. The average molecular weight is 363 g/mol. The molecule has 1 heterocycles. The molecule has 2 aromatic carbocycles. The van der Waals surface area contributed by atoms with Gasteiger partial charge >= 0.3 is 0 Å². The molecule has 5 nitrogen and oxygen atoms in total. The van der Waals surface area contributed by atoms with Crippen molar-refractivity contribution in [3.05, 3.63) is 65.4 Å². The van der Waals surface area contributed by atoms with Crippen LogP contribution in [0.25, 0.3) is 11.1 Å². The Balaban J connectivity index is 1.90. The molecule has 1 aromatic heterocycles. The van der Waals surface area contributed by atoms with Crippen LogP contribution in [0, 0.1) is 12.8 Å². The van der Waals surface area contributed by atoms with E-state index in [2.05, 4.69) is 29.4 Å². The highest BCUT2D eigenvalue weighted by Gasteiger charge is 2.17. The van der Waals surface area contributed by atoms with Crippen molar-refractivity contribution in [3.63, 3.8) is 0 Å². The number of methoxy groups -OCH3 is 1. The number of hydrogen-bond acceptors (Lipinski definition) is 3. The number of H-pyrrole nitrogens is 1. The molecule has 0 spiro atoms. The SMILES string of the molecule is COc1ccc(C(=O)Nc2n[nH]c(C)c2CC(C)C)cc1-c1ccccc1. The molecule has 0 saturated heterocycles. The summed E-state index contributed by atoms with van der Waals surface area (Å²) in [4.78, 5) is 12.8. The number of nitrogens with one attached hydrogen (secondary N) is 2. The van der Waals surface area contributed by atoms with Gasteiger partial charge in [0, 0.05) is 22.4 Å². The third-order valence-electron chi connectivity index (χ3n) is 4.46. The number of rotatable bonds is 6. The second kappa shape index (κ2) is 8.08. The molecule has 0 fully saturated rings. The van der Waals surface area contributed by atoms with Gasteiger partial charge in [0.2, 0.25) is 0 Å². The number of ether oxygens (including phenoxy) is 1. The zero-order valence-electron chi connectivity index (χ0n) is 16.2. The third kappa shape index (κ3) is 4.19. The van der Waals surface area contributed by atoms with Crippen molar-refractivity contribution < 1.29 is 9.53 Å². The summed E-state index contributed by atoms with van der Waals surface area (Å²) >= 11 is 0. The number of aromatic amines is 1. The summed E-state index contributed by atoms with van der Waals surface area (Å²) in [5, 5.41) is 10.2. The van der Waals surface area contributed by atoms with Crippen LogP contribution in [0.5, 0.6) is 5.75 Å². The molecule has 2 N–H and O–H groups in total. The molecule has 0 unspecified atom stereocenters.